The molecule has 0 saturated carbocycles. The smallest absolute Gasteiger partial charge is 0.422 e. The van der Waals surface area contributed by atoms with Gasteiger partial charge >= 0.3 is 6.18 Å². The number of pyridine rings is 2. The predicted octanol–water partition coefficient (Wildman–Crippen LogP) is 3.57. The number of aromatic nitrogens is 2. The van der Waals surface area contributed by atoms with Crippen LogP contribution >= 0.6 is 0 Å². The van der Waals surface area contributed by atoms with Crippen molar-refractivity contribution in [1.82, 2.24) is 15.3 Å². The SMILES string of the molecule is CCC(=O)Nc1cc(C(=O)NC(C)c2ccnc(OCC(F)(F)F)c2)cc(C)n1. The maximum absolute atomic E-state index is 12.6. The molecule has 0 aliphatic carbocycles. The third-order valence-corrected chi connectivity index (χ3v) is 3.79. The Morgan fingerprint density at radius 2 is 1.97 bits per heavy atom. The van der Waals surface area contributed by atoms with Crippen molar-refractivity contribution in [2.24, 2.45) is 0 Å². The Kier molecular flexibility index (Phi) is 7.13. The molecular weight excluding hydrogens is 389 g/mol. The molecule has 2 aromatic heterocycles. The third-order valence-electron chi connectivity index (χ3n) is 3.79. The zero-order valence-corrected chi connectivity index (χ0v) is 16.1. The number of rotatable bonds is 7. The quantitative estimate of drug-likeness (QED) is 0.728. The lowest BCUT2D eigenvalue weighted by molar-refractivity contribution is -0.154. The number of aryl methyl sites for hydroxylation is 1. The Morgan fingerprint density at radius 3 is 2.62 bits per heavy atom. The van der Waals surface area contributed by atoms with Gasteiger partial charge in [-0.25, -0.2) is 9.97 Å². The first-order valence-electron chi connectivity index (χ1n) is 8.82. The van der Waals surface area contributed by atoms with Crippen LogP contribution in [0.15, 0.2) is 30.5 Å². The highest BCUT2D eigenvalue weighted by Gasteiger charge is 2.28. The van der Waals surface area contributed by atoms with Crippen LogP contribution in [-0.2, 0) is 4.79 Å². The maximum Gasteiger partial charge on any atom is 0.422 e. The summed E-state index contributed by atoms with van der Waals surface area (Å²) in [5, 5.41) is 5.35. The molecule has 0 spiro atoms. The minimum atomic E-state index is -4.47. The van der Waals surface area contributed by atoms with E-state index in [1.165, 1.54) is 18.3 Å². The fraction of sp³-hybridized carbons (Fsp3) is 0.368. The van der Waals surface area contributed by atoms with Crippen LogP contribution in [0.2, 0.25) is 0 Å². The summed E-state index contributed by atoms with van der Waals surface area (Å²) < 4.78 is 41.5. The first kappa shape index (κ1) is 22.1. The Labute approximate surface area is 165 Å². The highest BCUT2D eigenvalue weighted by atomic mass is 19.4. The zero-order valence-electron chi connectivity index (χ0n) is 16.1. The van der Waals surface area contributed by atoms with Gasteiger partial charge in [0, 0.05) is 29.9 Å². The number of carbonyl (C=O) groups is 2. The summed E-state index contributed by atoms with van der Waals surface area (Å²) in [6.45, 7) is 3.61. The van der Waals surface area contributed by atoms with Crippen molar-refractivity contribution in [3.63, 3.8) is 0 Å². The van der Waals surface area contributed by atoms with Gasteiger partial charge in [-0.05, 0) is 37.6 Å². The number of anilines is 1. The molecule has 0 aromatic carbocycles. The molecule has 156 valence electrons. The van der Waals surface area contributed by atoms with Crippen molar-refractivity contribution >= 4 is 17.6 Å². The second kappa shape index (κ2) is 9.35. The molecule has 29 heavy (non-hydrogen) atoms. The van der Waals surface area contributed by atoms with E-state index in [1.807, 2.05) is 0 Å². The van der Waals surface area contributed by atoms with Crippen molar-refractivity contribution in [3.05, 3.63) is 47.3 Å². The van der Waals surface area contributed by atoms with Crippen LogP contribution in [-0.4, -0.2) is 34.6 Å². The molecule has 1 atom stereocenters. The Hall–Kier alpha value is -3.17. The van der Waals surface area contributed by atoms with E-state index in [1.54, 1.807) is 32.9 Å². The number of carbonyl (C=O) groups excluding carboxylic acids is 2. The molecular formula is C19H21F3N4O3. The summed E-state index contributed by atoms with van der Waals surface area (Å²) in [5.74, 6) is -0.581. The lowest BCUT2D eigenvalue weighted by Gasteiger charge is -2.16. The highest BCUT2D eigenvalue weighted by molar-refractivity contribution is 5.96. The fourth-order valence-electron chi connectivity index (χ4n) is 2.39. The van der Waals surface area contributed by atoms with Gasteiger partial charge in [0.25, 0.3) is 5.91 Å². The normalized spacial score (nSPS) is 12.2. The monoisotopic (exact) mass is 410 g/mol. The van der Waals surface area contributed by atoms with E-state index in [0.29, 0.717) is 16.8 Å². The second-order valence-corrected chi connectivity index (χ2v) is 6.31. The van der Waals surface area contributed by atoms with Gasteiger partial charge in [0.15, 0.2) is 6.61 Å². The van der Waals surface area contributed by atoms with E-state index in [-0.39, 0.29) is 24.0 Å². The number of hydrogen-bond donors (Lipinski definition) is 2. The minimum Gasteiger partial charge on any atom is -0.468 e. The van der Waals surface area contributed by atoms with Crippen LogP contribution in [0, 0.1) is 6.92 Å². The van der Waals surface area contributed by atoms with E-state index in [9.17, 15) is 22.8 Å². The van der Waals surface area contributed by atoms with Gasteiger partial charge in [0.1, 0.15) is 5.82 Å². The number of alkyl halides is 3. The van der Waals surface area contributed by atoms with Crippen molar-refractivity contribution < 1.29 is 27.5 Å². The van der Waals surface area contributed by atoms with E-state index in [2.05, 4.69) is 25.3 Å². The fourth-order valence-corrected chi connectivity index (χ4v) is 2.39. The number of nitrogens with one attached hydrogen (secondary N) is 2. The minimum absolute atomic E-state index is 0.190. The van der Waals surface area contributed by atoms with Crippen LogP contribution in [0.1, 0.15) is 47.9 Å². The summed E-state index contributed by atoms with van der Waals surface area (Å²) in [6.07, 6.45) is -2.89. The van der Waals surface area contributed by atoms with Gasteiger partial charge in [-0.1, -0.05) is 6.92 Å². The van der Waals surface area contributed by atoms with E-state index >= 15 is 0 Å². The van der Waals surface area contributed by atoms with Gasteiger partial charge < -0.3 is 15.4 Å². The van der Waals surface area contributed by atoms with Gasteiger partial charge in [0.05, 0.1) is 6.04 Å². The number of hydrogen-bond acceptors (Lipinski definition) is 5. The van der Waals surface area contributed by atoms with E-state index in [4.69, 9.17) is 0 Å². The number of halogens is 3. The molecule has 1 unspecified atom stereocenters. The molecule has 2 rings (SSSR count). The lowest BCUT2D eigenvalue weighted by Crippen LogP contribution is -2.27. The Balaban J connectivity index is 2.10. The number of nitrogens with zero attached hydrogens (tertiary/aromatic N) is 2. The first-order valence-corrected chi connectivity index (χ1v) is 8.82. The zero-order chi connectivity index (χ0) is 21.6. The second-order valence-electron chi connectivity index (χ2n) is 6.31. The van der Waals surface area contributed by atoms with Crippen LogP contribution in [0.3, 0.4) is 0 Å². The number of ether oxygens (including phenoxy) is 1. The van der Waals surface area contributed by atoms with Crippen LogP contribution in [0.25, 0.3) is 0 Å². The summed E-state index contributed by atoms with van der Waals surface area (Å²) >= 11 is 0. The summed E-state index contributed by atoms with van der Waals surface area (Å²) in [5.41, 5.74) is 1.36. The Morgan fingerprint density at radius 1 is 1.24 bits per heavy atom. The van der Waals surface area contributed by atoms with Gasteiger partial charge in [0.2, 0.25) is 11.8 Å². The van der Waals surface area contributed by atoms with Crippen molar-refractivity contribution in [3.8, 4) is 5.88 Å². The molecule has 0 aliphatic rings. The summed E-state index contributed by atoms with van der Waals surface area (Å²) in [6, 6.07) is 5.39. The summed E-state index contributed by atoms with van der Waals surface area (Å²) in [7, 11) is 0. The largest absolute Gasteiger partial charge is 0.468 e. The van der Waals surface area contributed by atoms with E-state index < -0.39 is 24.7 Å². The van der Waals surface area contributed by atoms with Crippen molar-refractivity contribution in [2.45, 2.75) is 39.4 Å². The van der Waals surface area contributed by atoms with Gasteiger partial charge in [-0.3, -0.25) is 9.59 Å². The van der Waals surface area contributed by atoms with E-state index in [0.717, 1.165) is 0 Å². The van der Waals surface area contributed by atoms with Gasteiger partial charge in [-0.15, -0.1) is 0 Å². The standard InChI is InChI=1S/C19H21F3N4O3/c1-4-16(27)26-15-8-14(7-11(2)24-15)18(28)25-12(3)13-5-6-23-17(9-13)29-10-19(20,21)22/h5-9,12H,4,10H2,1-3H3,(H,25,28)(H,24,26,27). The molecule has 2 N–H and O–H groups in total. The topological polar surface area (TPSA) is 93.2 Å². The Bertz CT molecular complexity index is 887. The molecule has 7 nitrogen and oxygen atoms in total. The average molecular weight is 410 g/mol. The summed E-state index contributed by atoms with van der Waals surface area (Å²) in [4.78, 5) is 32.0. The molecule has 0 bridgehead atoms. The first-order chi connectivity index (χ1) is 13.6. The average Bonchev–Trinajstić information content (AvgIpc) is 2.65. The molecule has 0 saturated heterocycles. The molecule has 2 aromatic rings. The molecule has 2 amide bonds. The van der Waals surface area contributed by atoms with Gasteiger partial charge in [-0.2, -0.15) is 13.2 Å². The molecule has 0 aliphatic heterocycles. The molecule has 0 fully saturated rings. The van der Waals surface area contributed by atoms with Crippen LogP contribution < -0.4 is 15.4 Å². The van der Waals surface area contributed by atoms with Crippen molar-refractivity contribution in [2.75, 3.05) is 11.9 Å². The number of amides is 2. The van der Waals surface area contributed by atoms with Crippen LogP contribution in [0.5, 0.6) is 5.88 Å². The third kappa shape index (κ3) is 7.05. The molecule has 0 radical (unpaired) electrons. The van der Waals surface area contributed by atoms with Crippen LogP contribution in [0.4, 0.5) is 19.0 Å². The predicted molar refractivity (Wildman–Crippen MR) is 99.6 cm³/mol. The lowest BCUT2D eigenvalue weighted by atomic mass is 10.1. The molecule has 10 heteroatoms. The van der Waals surface area contributed by atoms with Crippen molar-refractivity contribution in [1.29, 1.82) is 0 Å². The highest BCUT2D eigenvalue weighted by Crippen LogP contribution is 2.21. The molecule has 2 heterocycles. The maximum atomic E-state index is 12.6.